The number of rotatable bonds is 7. The molecule has 0 unspecified atom stereocenters. The van der Waals surface area contributed by atoms with Crippen LogP contribution in [0.15, 0.2) is 48.7 Å². The Morgan fingerprint density at radius 2 is 1.59 bits per heavy atom. The molecule has 2 heterocycles. The summed E-state index contributed by atoms with van der Waals surface area (Å²) in [7, 11) is 0. The first-order valence-electron chi connectivity index (χ1n) is 9.31. The van der Waals surface area contributed by atoms with Crippen LogP contribution < -0.4 is 0 Å². The van der Waals surface area contributed by atoms with Crippen molar-refractivity contribution in [2.45, 2.75) is 12.8 Å². The Hall–Kier alpha value is -3.66. The molecule has 32 heavy (non-hydrogen) atoms. The number of nitrogens with zero attached hydrogens (tertiary/aromatic N) is 2. The van der Waals surface area contributed by atoms with Crippen molar-refractivity contribution in [3.63, 3.8) is 0 Å². The van der Waals surface area contributed by atoms with Gasteiger partial charge in [0, 0.05) is 42.3 Å². The van der Waals surface area contributed by atoms with Crippen LogP contribution in [0.1, 0.15) is 37.8 Å². The quantitative estimate of drug-likeness (QED) is 0.307. The van der Waals surface area contributed by atoms with Gasteiger partial charge in [-0.3, -0.25) is 9.59 Å². The Kier molecular flexibility index (Phi) is 5.95. The minimum atomic E-state index is -1.32. The second-order valence-corrected chi connectivity index (χ2v) is 7.87. The van der Waals surface area contributed by atoms with Crippen molar-refractivity contribution in [1.82, 2.24) is 15.2 Å². The molecule has 162 valence electrons. The van der Waals surface area contributed by atoms with Crippen LogP contribution in [0.4, 0.5) is 17.6 Å². The molecule has 0 aliphatic rings. The lowest BCUT2D eigenvalue weighted by atomic mass is 10.0. The molecule has 2 aromatic carbocycles. The van der Waals surface area contributed by atoms with E-state index in [1.165, 1.54) is 29.5 Å². The van der Waals surface area contributed by atoms with Crippen LogP contribution in [0.5, 0.6) is 0 Å². The molecule has 0 saturated heterocycles. The second kappa shape index (κ2) is 8.83. The van der Waals surface area contributed by atoms with E-state index in [0.29, 0.717) is 27.7 Å². The molecule has 0 radical (unpaired) electrons. The number of hydrogen-bond acceptors (Lipinski definition) is 5. The van der Waals surface area contributed by atoms with Gasteiger partial charge in [-0.05, 0) is 30.3 Å². The van der Waals surface area contributed by atoms with E-state index in [1.54, 1.807) is 12.1 Å². The predicted octanol–water partition coefficient (Wildman–Crippen LogP) is 5.14. The first-order valence-corrected chi connectivity index (χ1v) is 10.1. The largest absolute Gasteiger partial charge is 0.358 e. The van der Waals surface area contributed by atoms with Gasteiger partial charge in [0.05, 0.1) is 11.3 Å². The Bertz CT molecular complexity index is 1290. The van der Waals surface area contributed by atoms with E-state index in [4.69, 9.17) is 0 Å². The Labute approximate surface area is 182 Å². The molecule has 0 aliphatic heterocycles. The topological polar surface area (TPSA) is 75.7 Å². The lowest BCUT2D eigenvalue weighted by Crippen LogP contribution is -2.07. The number of Topliss-reactive ketones (excluding diaryl/α,β-unsaturated/α-hetero) is 1. The Morgan fingerprint density at radius 3 is 2.28 bits per heavy atom. The molecule has 5 nitrogen and oxygen atoms in total. The molecular formula is C22H13F4N3O2S. The summed E-state index contributed by atoms with van der Waals surface area (Å²) in [4.78, 5) is 27.5. The summed E-state index contributed by atoms with van der Waals surface area (Å²) < 4.78 is 53.8. The minimum Gasteiger partial charge on any atom is -0.358 e. The molecule has 0 bridgehead atoms. The monoisotopic (exact) mass is 459 g/mol. The number of H-pyrrole nitrogens is 1. The van der Waals surface area contributed by atoms with Gasteiger partial charge in [-0.2, -0.15) is 0 Å². The van der Waals surface area contributed by atoms with Crippen LogP contribution in [0.25, 0.3) is 10.6 Å². The van der Waals surface area contributed by atoms with Crippen LogP contribution >= 0.6 is 11.3 Å². The summed E-state index contributed by atoms with van der Waals surface area (Å²) in [6.45, 7) is 0. The van der Waals surface area contributed by atoms with Crippen LogP contribution in [0.2, 0.25) is 0 Å². The SMILES string of the molecule is O=C(CCc1nnc(-c2ccc(F)cc2)s1)c1cc(C(=O)c2c(F)cc(F)cc2F)c[nH]1. The second-order valence-electron chi connectivity index (χ2n) is 6.81. The zero-order valence-electron chi connectivity index (χ0n) is 16.2. The number of carbonyl (C=O) groups is 2. The van der Waals surface area contributed by atoms with Gasteiger partial charge in [-0.15, -0.1) is 10.2 Å². The van der Waals surface area contributed by atoms with Crippen LogP contribution in [0.3, 0.4) is 0 Å². The third kappa shape index (κ3) is 4.50. The van der Waals surface area contributed by atoms with Gasteiger partial charge in [0.2, 0.25) is 0 Å². The highest BCUT2D eigenvalue weighted by Crippen LogP contribution is 2.25. The van der Waals surface area contributed by atoms with E-state index in [9.17, 15) is 27.2 Å². The maximum absolute atomic E-state index is 13.9. The number of ketones is 2. The Balaban J connectivity index is 1.42. The van der Waals surface area contributed by atoms with Crippen molar-refractivity contribution in [1.29, 1.82) is 0 Å². The van der Waals surface area contributed by atoms with Crippen LogP contribution in [0, 0.1) is 23.3 Å². The summed E-state index contributed by atoms with van der Waals surface area (Å²) in [6, 6.07) is 7.80. The van der Waals surface area contributed by atoms with E-state index in [0.717, 1.165) is 6.20 Å². The van der Waals surface area contributed by atoms with Gasteiger partial charge in [0.1, 0.15) is 33.3 Å². The number of benzene rings is 2. The van der Waals surface area contributed by atoms with Crippen molar-refractivity contribution in [3.05, 3.63) is 93.8 Å². The molecule has 2 aromatic heterocycles. The zero-order valence-corrected chi connectivity index (χ0v) is 17.0. The Morgan fingerprint density at radius 1 is 0.906 bits per heavy atom. The van der Waals surface area contributed by atoms with Gasteiger partial charge in [0.15, 0.2) is 11.6 Å². The van der Waals surface area contributed by atoms with Gasteiger partial charge in [-0.1, -0.05) is 11.3 Å². The van der Waals surface area contributed by atoms with E-state index < -0.39 is 28.8 Å². The lowest BCUT2D eigenvalue weighted by molar-refractivity contribution is 0.0978. The van der Waals surface area contributed by atoms with Crippen molar-refractivity contribution < 1.29 is 27.2 Å². The highest BCUT2D eigenvalue weighted by molar-refractivity contribution is 7.14. The standard InChI is InChI=1S/C22H13F4N3O2S/c23-13-3-1-11(2-4-13)22-29-28-19(32-22)6-5-18(30)17-7-12(10-27-17)21(31)20-15(25)8-14(24)9-16(20)26/h1-4,7-10,27H,5-6H2. The molecule has 0 atom stereocenters. The average Bonchev–Trinajstić information content (AvgIpc) is 3.42. The average molecular weight is 459 g/mol. The highest BCUT2D eigenvalue weighted by Gasteiger charge is 2.22. The zero-order chi connectivity index (χ0) is 22.8. The van der Waals surface area contributed by atoms with Gasteiger partial charge >= 0.3 is 0 Å². The summed E-state index contributed by atoms with van der Waals surface area (Å²) in [5, 5.41) is 9.24. The lowest BCUT2D eigenvalue weighted by Gasteiger charge is -2.02. The molecule has 0 amide bonds. The van der Waals surface area contributed by atoms with E-state index in [1.807, 2.05) is 0 Å². The van der Waals surface area contributed by atoms with Crippen molar-refractivity contribution in [2.75, 3.05) is 0 Å². The third-order valence-electron chi connectivity index (χ3n) is 4.60. The summed E-state index contributed by atoms with van der Waals surface area (Å²) in [5.41, 5.74) is -0.243. The first kappa shape index (κ1) is 21.6. The fourth-order valence-electron chi connectivity index (χ4n) is 3.01. The molecule has 10 heteroatoms. The molecule has 0 spiro atoms. The van der Waals surface area contributed by atoms with E-state index in [2.05, 4.69) is 15.2 Å². The number of carbonyl (C=O) groups excluding carboxylic acids is 2. The van der Waals surface area contributed by atoms with Crippen molar-refractivity contribution in [2.24, 2.45) is 0 Å². The van der Waals surface area contributed by atoms with E-state index in [-0.39, 0.29) is 35.7 Å². The number of aromatic amines is 1. The molecule has 4 aromatic rings. The molecule has 0 fully saturated rings. The molecule has 0 aliphatic carbocycles. The molecule has 0 saturated carbocycles. The number of nitrogens with one attached hydrogen (secondary N) is 1. The summed E-state index contributed by atoms with van der Waals surface area (Å²) in [6.07, 6.45) is 1.49. The minimum absolute atomic E-state index is 0.0471. The maximum atomic E-state index is 13.9. The normalized spacial score (nSPS) is 11.0. The maximum Gasteiger partial charge on any atom is 0.200 e. The van der Waals surface area contributed by atoms with Gasteiger partial charge < -0.3 is 4.98 Å². The number of aromatic nitrogens is 3. The van der Waals surface area contributed by atoms with Crippen molar-refractivity contribution in [3.8, 4) is 10.6 Å². The van der Waals surface area contributed by atoms with E-state index >= 15 is 0 Å². The fraction of sp³-hybridized carbons (Fsp3) is 0.0909. The predicted molar refractivity (Wildman–Crippen MR) is 108 cm³/mol. The van der Waals surface area contributed by atoms with Gasteiger partial charge in [0.25, 0.3) is 0 Å². The number of hydrogen-bond donors (Lipinski definition) is 1. The highest BCUT2D eigenvalue weighted by atomic mass is 32.1. The smallest absolute Gasteiger partial charge is 0.200 e. The first-order chi connectivity index (χ1) is 15.3. The van der Waals surface area contributed by atoms with Crippen LogP contribution in [-0.2, 0) is 6.42 Å². The molecule has 1 N–H and O–H groups in total. The van der Waals surface area contributed by atoms with Crippen LogP contribution in [-0.4, -0.2) is 26.7 Å². The number of aryl methyl sites for hydroxylation is 1. The fourth-order valence-corrected chi connectivity index (χ4v) is 3.85. The third-order valence-corrected chi connectivity index (χ3v) is 5.64. The summed E-state index contributed by atoms with van der Waals surface area (Å²) >= 11 is 1.27. The van der Waals surface area contributed by atoms with Gasteiger partial charge in [-0.25, -0.2) is 17.6 Å². The molecule has 4 rings (SSSR count). The molecular weight excluding hydrogens is 446 g/mol. The van der Waals surface area contributed by atoms with Crippen molar-refractivity contribution >= 4 is 22.9 Å². The summed E-state index contributed by atoms with van der Waals surface area (Å²) in [5.74, 6) is -5.51. The number of halogens is 4.